The van der Waals surface area contributed by atoms with Crippen LogP contribution >= 0.6 is 15.9 Å². The van der Waals surface area contributed by atoms with E-state index in [0.29, 0.717) is 32.7 Å². The maximum absolute atomic E-state index is 12.0. The van der Waals surface area contributed by atoms with Gasteiger partial charge in [-0.1, -0.05) is 34.1 Å². The molecule has 1 atom stereocenters. The van der Waals surface area contributed by atoms with E-state index in [2.05, 4.69) is 15.9 Å². The average molecular weight is 328 g/mol. The molecule has 0 aromatic heterocycles. The number of carbonyl (C=O) groups is 1. The monoisotopic (exact) mass is 327 g/mol. The van der Waals surface area contributed by atoms with Crippen LogP contribution in [0, 0.1) is 0 Å². The van der Waals surface area contributed by atoms with Crippen molar-refractivity contribution in [1.82, 2.24) is 4.90 Å². The Morgan fingerprint density at radius 3 is 2.95 bits per heavy atom. The molecule has 1 aromatic carbocycles. The predicted octanol–water partition coefficient (Wildman–Crippen LogP) is 2.08. The first-order chi connectivity index (χ1) is 9.29. The lowest BCUT2D eigenvalue weighted by molar-refractivity contribution is -0.138. The summed E-state index contributed by atoms with van der Waals surface area (Å²) in [5.41, 5.74) is 0. The number of alkyl halides is 1. The highest BCUT2D eigenvalue weighted by Crippen LogP contribution is 2.11. The third-order valence-corrected chi connectivity index (χ3v) is 3.71. The first-order valence-electron chi connectivity index (χ1n) is 6.43. The Morgan fingerprint density at radius 2 is 2.21 bits per heavy atom. The minimum atomic E-state index is 0.104. The highest BCUT2D eigenvalue weighted by atomic mass is 79.9. The number of nitrogens with zero attached hydrogens (tertiary/aromatic N) is 1. The van der Waals surface area contributed by atoms with E-state index in [4.69, 9.17) is 9.47 Å². The molecule has 2 rings (SSSR count). The maximum atomic E-state index is 12.0. The van der Waals surface area contributed by atoms with Gasteiger partial charge < -0.3 is 14.4 Å². The molecule has 0 spiro atoms. The Hall–Kier alpha value is -1.07. The molecule has 4 nitrogen and oxygen atoms in total. The van der Waals surface area contributed by atoms with Gasteiger partial charge in [0.15, 0.2) is 0 Å². The van der Waals surface area contributed by atoms with Crippen LogP contribution in [-0.2, 0) is 9.53 Å². The Balaban J connectivity index is 1.72. The molecular weight excluding hydrogens is 310 g/mol. The van der Waals surface area contributed by atoms with E-state index < -0.39 is 0 Å². The second kappa shape index (κ2) is 7.50. The third-order valence-electron chi connectivity index (χ3n) is 2.99. The second-order valence-electron chi connectivity index (χ2n) is 4.40. The first kappa shape index (κ1) is 14.3. The van der Waals surface area contributed by atoms with Crippen LogP contribution in [0.1, 0.15) is 6.42 Å². The number of carbonyl (C=O) groups excluding carboxylic acids is 1. The van der Waals surface area contributed by atoms with Crippen molar-refractivity contribution in [2.24, 2.45) is 0 Å². The lowest BCUT2D eigenvalue weighted by Crippen LogP contribution is -2.46. The maximum Gasteiger partial charge on any atom is 0.226 e. The Bertz CT molecular complexity index is 399. The highest BCUT2D eigenvalue weighted by molar-refractivity contribution is 9.09. The smallest absolute Gasteiger partial charge is 0.226 e. The molecule has 1 aliphatic rings. The average Bonchev–Trinajstić information content (AvgIpc) is 2.48. The summed E-state index contributed by atoms with van der Waals surface area (Å²) in [6, 6.07) is 9.55. The number of ether oxygens (including phenoxy) is 2. The Kier molecular flexibility index (Phi) is 5.66. The van der Waals surface area contributed by atoms with Gasteiger partial charge in [-0.05, 0) is 12.1 Å². The molecular formula is C14H18BrNO3. The molecule has 19 heavy (non-hydrogen) atoms. The molecule has 1 aromatic rings. The summed E-state index contributed by atoms with van der Waals surface area (Å²) in [5, 5.41) is 0.761. The number of benzene rings is 1. The van der Waals surface area contributed by atoms with Gasteiger partial charge in [0.25, 0.3) is 0 Å². The quantitative estimate of drug-likeness (QED) is 0.777. The second-order valence-corrected chi connectivity index (χ2v) is 5.05. The molecule has 1 amide bonds. The first-order valence-corrected chi connectivity index (χ1v) is 7.55. The SMILES string of the molecule is O=C(CCOc1ccccc1)N1CCOC(CBr)C1. The van der Waals surface area contributed by atoms with Gasteiger partial charge in [-0.15, -0.1) is 0 Å². The van der Waals surface area contributed by atoms with Crippen LogP contribution in [0.15, 0.2) is 30.3 Å². The van der Waals surface area contributed by atoms with Gasteiger partial charge in [-0.2, -0.15) is 0 Å². The molecule has 104 valence electrons. The van der Waals surface area contributed by atoms with Gasteiger partial charge in [-0.3, -0.25) is 4.79 Å². The van der Waals surface area contributed by atoms with Crippen molar-refractivity contribution in [3.63, 3.8) is 0 Å². The van der Waals surface area contributed by atoms with Gasteiger partial charge >= 0.3 is 0 Å². The summed E-state index contributed by atoms with van der Waals surface area (Å²) in [6.07, 6.45) is 0.511. The lowest BCUT2D eigenvalue weighted by Gasteiger charge is -2.32. The highest BCUT2D eigenvalue weighted by Gasteiger charge is 2.23. The van der Waals surface area contributed by atoms with Gasteiger partial charge in [0, 0.05) is 18.4 Å². The van der Waals surface area contributed by atoms with Crippen molar-refractivity contribution in [2.45, 2.75) is 12.5 Å². The van der Waals surface area contributed by atoms with Gasteiger partial charge in [0.1, 0.15) is 5.75 Å². The van der Waals surface area contributed by atoms with E-state index in [1.807, 2.05) is 35.2 Å². The zero-order chi connectivity index (χ0) is 13.5. The van der Waals surface area contributed by atoms with Crippen molar-refractivity contribution in [3.05, 3.63) is 30.3 Å². The standard InChI is InChI=1S/C14H18BrNO3/c15-10-13-11-16(7-9-19-13)14(17)6-8-18-12-4-2-1-3-5-12/h1-5,13H,6-11H2. The van der Waals surface area contributed by atoms with Crippen molar-refractivity contribution in [1.29, 1.82) is 0 Å². The molecule has 0 N–H and O–H groups in total. The van der Waals surface area contributed by atoms with Crippen molar-refractivity contribution in [3.8, 4) is 5.75 Å². The molecule has 0 bridgehead atoms. The predicted molar refractivity (Wildman–Crippen MR) is 76.7 cm³/mol. The number of rotatable bonds is 5. The zero-order valence-electron chi connectivity index (χ0n) is 10.8. The molecule has 0 saturated carbocycles. The fourth-order valence-electron chi connectivity index (χ4n) is 1.97. The molecule has 1 heterocycles. The van der Waals surface area contributed by atoms with E-state index in [1.165, 1.54) is 0 Å². The fourth-order valence-corrected chi connectivity index (χ4v) is 2.36. The van der Waals surface area contributed by atoms with E-state index >= 15 is 0 Å². The minimum absolute atomic E-state index is 0.104. The van der Waals surface area contributed by atoms with Crippen LogP contribution in [0.5, 0.6) is 5.75 Å². The third kappa shape index (κ3) is 4.51. The van der Waals surface area contributed by atoms with Gasteiger partial charge in [0.05, 0.1) is 25.7 Å². The molecule has 0 radical (unpaired) electrons. The summed E-state index contributed by atoms with van der Waals surface area (Å²) in [7, 11) is 0. The van der Waals surface area contributed by atoms with E-state index in [1.54, 1.807) is 0 Å². The molecule has 1 saturated heterocycles. The summed E-state index contributed by atoms with van der Waals surface area (Å²) < 4.78 is 11.0. The largest absolute Gasteiger partial charge is 0.493 e. The van der Waals surface area contributed by atoms with Crippen LogP contribution in [0.25, 0.3) is 0 Å². The summed E-state index contributed by atoms with van der Waals surface area (Å²) in [5.74, 6) is 0.931. The Labute approximate surface area is 121 Å². The van der Waals surface area contributed by atoms with Crippen LogP contribution in [0.2, 0.25) is 0 Å². The Morgan fingerprint density at radius 1 is 1.42 bits per heavy atom. The van der Waals surface area contributed by atoms with Crippen molar-refractivity contribution in [2.75, 3.05) is 31.6 Å². The zero-order valence-corrected chi connectivity index (χ0v) is 12.3. The number of morpholine rings is 1. The summed E-state index contributed by atoms with van der Waals surface area (Å²) >= 11 is 3.38. The van der Waals surface area contributed by atoms with Crippen LogP contribution in [-0.4, -0.2) is 48.5 Å². The normalized spacial score (nSPS) is 19.2. The number of para-hydroxylation sites is 1. The number of hydrogen-bond donors (Lipinski definition) is 0. The van der Waals surface area contributed by atoms with Crippen LogP contribution < -0.4 is 4.74 Å². The summed E-state index contributed by atoms with van der Waals surface area (Å²) in [6.45, 7) is 2.36. The van der Waals surface area contributed by atoms with E-state index in [-0.39, 0.29) is 12.0 Å². The topological polar surface area (TPSA) is 38.8 Å². The summed E-state index contributed by atoms with van der Waals surface area (Å²) in [4.78, 5) is 13.9. The minimum Gasteiger partial charge on any atom is -0.493 e. The lowest BCUT2D eigenvalue weighted by atomic mass is 10.2. The van der Waals surface area contributed by atoms with E-state index in [0.717, 1.165) is 11.1 Å². The van der Waals surface area contributed by atoms with Crippen molar-refractivity contribution >= 4 is 21.8 Å². The molecule has 5 heteroatoms. The van der Waals surface area contributed by atoms with Gasteiger partial charge in [0.2, 0.25) is 5.91 Å². The van der Waals surface area contributed by atoms with Crippen molar-refractivity contribution < 1.29 is 14.3 Å². The molecule has 1 unspecified atom stereocenters. The van der Waals surface area contributed by atoms with Gasteiger partial charge in [-0.25, -0.2) is 0 Å². The number of hydrogen-bond acceptors (Lipinski definition) is 3. The number of halogens is 1. The number of amides is 1. The molecule has 1 fully saturated rings. The fraction of sp³-hybridized carbons (Fsp3) is 0.500. The molecule has 0 aliphatic carbocycles. The van der Waals surface area contributed by atoms with Crippen LogP contribution in [0.3, 0.4) is 0 Å². The van der Waals surface area contributed by atoms with Crippen LogP contribution in [0.4, 0.5) is 0 Å². The molecule has 1 aliphatic heterocycles. The van der Waals surface area contributed by atoms with E-state index in [9.17, 15) is 4.79 Å².